The molecule has 1 unspecified atom stereocenters. The van der Waals surface area contributed by atoms with Crippen LogP contribution < -0.4 is 5.32 Å². The van der Waals surface area contributed by atoms with Crippen molar-refractivity contribution in [3.63, 3.8) is 0 Å². The van der Waals surface area contributed by atoms with Crippen molar-refractivity contribution in [2.45, 2.75) is 13.0 Å². The summed E-state index contributed by atoms with van der Waals surface area (Å²) < 4.78 is 1.83. The lowest BCUT2D eigenvalue weighted by Gasteiger charge is -2.15. The van der Waals surface area contributed by atoms with Crippen molar-refractivity contribution >= 4 is 17.3 Å². The van der Waals surface area contributed by atoms with Gasteiger partial charge in [0.1, 0.15) is 12.4 Å². The van der Waals surface area contributed by atoms with Crippen molar-refractivity contribution < 1.29 is 0 Å². The SMILES string of the molecule is CC(Nc1ccc(Cl)cc1C#N)c1nncn1C. The second-order valence-corrected chi connectivity index (χ2v) is 4.40. The van der Waals surface area contributed by atoms with Crippen molar-refractivity contribution in [2.75, 3.05) is 5.32 Å². The van der Waals surface area contributed by atoms with E-state index in [1.807, 2.05) is 18.5 Å². The number of nitrogens with one attached hydrogen (secondary N) is 1. The highest BCUT2D eigenvalue weighted by atomic mass is 35.5. The van der Waals surface area contributed by atoms with Crippen LogP contribution in [0.2, 0.25) is 5.02 Å². The van der Waals surface area contributed by atoms with Gasteiger partial charge in [-0.15, -0.1) is 10.2 Å². The molecular weight excluding hydrogens is 250 g/mol. The Kier molecular flexibility index (Phi) is 3.49. The lowest BCUT2D eigenvalue weighted by atomic mass is 10.1. The zero-order chi connectivity index (χ0) is 13.1. The third-order valence-electron chi connectivity index (χ3n) is 2.61. The summed E-state index contributed by atoms with van der Waals surface area (Å²) in [6.07, 6.45) is 1.64. The van der Waals surface area contributed by atoms with Gasteiger partial charge in [-0.25, -0.2) is 0 Å². The first-order valence-electron chi connectivity index (χ1n) is 5.42. The van der Waals surface area contributed by atoms with Crippen LogP contribution in [0.5, 0.6) is 0 Å². The molecule has 0 aliphatic carbocycles. The van der Waals surface area contributed by atoms with Gasteiger partial charge in [0.05, 0.1) is 17.3 Å². The molecule has 0 radical (unpaired) electrons. The van der Waals surface area contributed by atoms with Gasteiger partial charge in [0.25, 0.3) is 0 Å². The largest absolute Gasteiger partial charge is 0.374 e. The fourth-order valence-electron chi connectivity index (χ4n) is 1.72. The van der Waals surface area contributed by atoms with Crippen molar-refractivity contribution in [1.82, 2.24) is 14.8 Å². The van der Waals surface area contributed by atoms with E-state index in [1.165, 1.54) is 0 Å². The zero-order valence-corrected chi connectivity index (χ0v) is 10.8. The Morgan fingerprint density at radius 1 is 1.50 bits per heavy atom. The number of hydrogen-bond donors (Lipinski definition) is 1. The number of anilines is 1. The molecule has 0 bridgehead atoms. The molecule has 1 aromatic carbocycles. The van der Waals surface area contributed by atoms with Gasteiger partial charge in [-0.3, -0.25) is 0 Å². The van der Waals surface area contributed by atoms with E-state index in [2.05, 4.69) is 21.6 Å². The minimum Gasteiger partial charge on any atom is -0.374 e. The average molecular weight is 262 g/mol. The molecule has 0 aliphatic heterocycles. The van der Waals surface area contributed by atoms with E-state index in [-0.39, 0.29) is 6.04 Å². The molecule has 0 spiro atoms. The van der Waals surface area contributed by atoms with Crippen molar-refractivity contribution in [3.05, 3.63) is 40.9 Å². The number of aryl methyl sites for hydroxylation is 1. The second kappa shape index (κ2) is 5.07. The Balaban J connectivity index is 2.25. The Labute approximate surface area is 110 Å². The third kappa shape index (κ3) is 2.44. The smallest absolute Gasteiger partial charge is 0.154 e. The normalized spacial score (nSPS) is 11.9. The van der Waals surface area contributed by atoms with Gasteiger partial charge >= 0.3 is 0 Å². The summed E-state index contributed by atoms with van der Waals surface area (Å²) in [5.41, 5.74) is 1.24. The van der Waals surface area contributed by atoms with E-state index >= 15 is 0 Å². The van der Waals surface area contributed by atoms with E-state index in [0.717, 1.165) is 11.5 Å². The fraction of sp³-hybridized carbons (Fsp3) is 0.250. The molecule has 1 N–H and O–H groups in total. The van der Waals surface area contributed by atoms with E-state index in [0.29, 0.717) is 10.6 Å². The monoisotopic (exact) mass is 261 g/mol. The maximum absolute atomic E-state index is 9.06. The first kappa shape index (κ1) is 12.4. The minimum absolute atomic E-state index is 0.0502. The molecule has 0 aliphatic rings. The van der Waals surface area contributed by atoms with Gasteiger partial charge in [-0.2, -0.15) is 5.26 Å². The molecular formula is C12H12ClN5. The number of nitriles is 1. The first-order valence-corrected chi connectivity index (χ1v) is 5.79. The highest BCUT2D eigenvalue weighted by Gasteiger charge is 2.13. The molecule has 0 saturated heterocycles. The molecule has 0 saturated carbocycles. The van der Waals surface area contributed by atoms with E-state index in [9.17, 15) is 0 Å². The molecule has 0 amide bonds. The van der Waals surface area contributed by atoms with Gasteiger partial charge in [0, 0.05) is 12.1 Å². The van der Waals surface area contributed by atoms with Crippen LogP contribution in [0.15, 0.2) is 24.5 Å². The first-order chi connectivity index (χ1) is 8.61. The summed E-state index contributed by atoms with van der Waals surface area (Å²) in [5, 5.41) is 20.7. The zero-order valence-electron chi connectivity index (χ0n) is 10.1. The molecule has 2 aromatic rings. The summed E-state index contributed by atoms with van der Waals surface area (Å²) in [4.78, 5) is 0. The van der Waals surface area contributed by atoms with Crippen LogP contribution in [-0.2, 0) is 7.05 Å². The van der Waals surface area contributed by atoms with Gasteiger partial charge in [-0.05, 0) is 25.1 Å². The van der Waals surface area contributed by atoms with Crippen LogP contribution in [0.1, 0.15) is 24.4 Å². The van der Waals surface area contributed by atoms with Crippen LogP contribution in [0.25, 0.3) is 0 Å². The molecule has 1 aromatic heterocycles. The van der Waals surface area contributed by atoms with Gasteiger partial charge in [0.2, 0.25) is 0 Å². The van der Waals surface area contributed by atoms with E-state index < -0.39 is 0 Å². The molecule has 2 rings (SSSR count). The van der Waals surface area contributed by atoms with Crippen molar-refractivity contribution in [1.29, 1.82) is 5.26 Å². The number of rotatable bonds is 3. The maximum atomic E-state index is 9.06. The molecule has 6 heteroatoms. The van der Waals surface area contributed by atoms with Crippen LogP contribution in [0.3, 0.4) is 0 Å². The Morgan fingerprint density at radius 2 is 2.28 bits per heavy atom. The molecule has 0 fully saturated rings. The van der Waals surface area contributed by atoms with Gasteiger partial charge in [-0.1, -0.05) is 11.6 Å². The maximum Gasteiger partial charge on any atom is 0.154 e. The minimum atomic E-state index is -0.0502. The number of nitrogens with zero attached hydrogens (tertiary/aromatic N) is 4. The van der Waals surface area contributed by atoms with Gasteiger partial charge in [0.15, 0.2) is 5.82 Å². The third-order valence-corrected chi connectivity index (χ3v) is 2.84. The Morgan fingerprint density at radius 3 is 2.89 bits per heavy atom. The van der Waals surface area contributed by atoms with E-state index in [4.69, 9.17) is 16.9 Å². The summed E-state index contributed by atoms with van der Waals surface area (Å²) in [6.45, 7) is 1.96. The van der Waals surface area contributed by atoms with Crippen LogP contribution in [0, 0.1) is 11.3 Å². The fourth-order valence-corrected chi connectivity index (χ4v) is 1.89. The lowest BCUT2D eigenvalue weighted by molar-refractivity contribution is 0.719. The number of benzene rings is 1. The molecule has 92 valence electrons. The highest BCUT2D eigenvalue weighted by molar-refractivity contribution is 6.30. The predicted molar refractivity (Wildman–Crippen MR) is 69.2 cm³/mol. The number of halogens is 1. The topological polar surface area (TPSA) is 66.5 Å². The predicted octanol–water partition coefficient (Wildman–Crippen LogP) is 2.51. The Bertz CT molecular complexity index is 599. The number of aromatic nitrogens is 3. The standard InChI is InChI=1S/C12H12ClN5/c1-8(12-17-15-7-18(12)2)16-11-4-3-10(13)5-9(11)6-14/h3-5,7-8,16H,1-2H3. The molecule has 1 atom stereocenters. The molecule has 5 nitrogen and oxygen atoms in total. The number of hydrogen-bond acceptors (Lipinski definition) is 4. The van der Waals surface area contributed by atoms with Gasteiger partial charge < -0.3 is 9.88 Å². The summed E-state index contributed by atoms with van der Waals surface area (Å²) >= 11 is 5.85. The molecule has 18 heavy (non-hydrogen) atoms. The summed E-state index contributed by atoms with van der Waals surface area (Å²) in [6, 6.07) is 7.22. The second-order valence-electron chi connectivity index (χ2n) is 3.97. The van der Waals surface area contributed by atoms with Crippen molar-refractivity contribution in [3.8, 4) is 6.07 Å². The summed E-state index contributed by atoms with van der Waals surface area (Å²) in [7, 11) is 1.88. The van der Waals surface area contributed by atoms with Crippen LogP contribution in [0.4, 0.5) is 5.69 Å². The van der Waals surface area contributed by atoms with Crippen LogP contribution in [-0.4, -0.2) is 14.8 Å². The molecule has 1 heterocycles. The van der Waals surface area contributed by atoms with Crippen molar-refractivity contribution in [2.24, 2.45) is 7.05 Å². The lowest BCUT2D eigenvalue weighted by Crippen LogP contribution is -2.12. The van der Waals surface area contributed by atoms with E-state index in [1.54, 1.807) is 24.5 Å². The van der Waals surface area contributed by atoms with Crippen LogP contribution >= 0.6 is 11.6 Å². The highest BCUT2D eigenvalue weighted by Crippen LogP contribution is 2.23. The average Bonchev–Trinajstić information content (AvgIpc) is 2.77. The Hall–Kier alpha value is -2.06. The summed E-state index contributed by atoms with van der Waals surface area (Å²) in [5.74, 6) is 0.800. The quantitative estimate of drug-likeness (QED) is 0.922.